The standard InChI is InChI=1S/C49H94NO8P/c1-6-8-10-12-14-16-18-20-22-23-24-25-26-28-29-31-33-35-37-39-41-48(51)55-45-47(46-57-59(53,54)56-44-43-50(3,4)5)58-49(52)42-40-38-36-34-32-30-27-21-19-17-15-13-11-9-7-2/h15,17,21,27,47H,6-14,16,18-20,22-26,28-46H2,1-5H3/b17-15-,27-21-. The van der Waals surface area contributed by atoms with E-state index in [0.717, 1.165) is 57.8 Å². The molecule has 0 fully saturated rings. The van der Waals surface area contributed by atoms with Gasteiger partial charge in [-0.2, -0.15) is 0 Å². The Morgan fingerprint density at radius 1 is 0.525 bits per heavy atom. The van der Waals surface area contributed by atoms with Gasteiger partial charge in [-0.15, -0.1) is 0 Å². The summed E-state index contributed by atoms with van der Waals surface area (Å²) >= 11 is 0. The fraction of sp³-hybridized carbons (Fsp3) is 0.878. The minimum Gasteiger partial charge on any atom is -0.756 e. The zero-order chi connectivity index (χ0) is 43.6. The molecule has 0 aromatic rings. The molecule has 0 saturated heterocycles. The van der Waals surface area contributed by atoms with Gasteiger partial charge in [0.2, 0.25) is 0 Å². The van der Waals surface area contributed by atoms with Crippen molar-refractivity contribution in [1.82, 2.24) is 0 Å². The van der Waals surface area contributed by atoms with Gasteiger partial charge in [0.25, 0.3) is 7.82 Å². The van der Waals surface area contributed by atoms with Gasteiger partial charge in [0, 0.05) is 12.8 Å². The van der Waals surface area contributed by atoms with Crippen LogP contribution in [0.5, 0.6) is 0 Å². The molecule has 0 amide bonds. The van der Waals surface area contributed by atoms with Crippen molar-refractivity contribution in [3.63, 3.8) is 0 Å². The third-order valence-electron chi connectivity index (χ3n) is 10.7. The Kier molecular flexibility index (Phi) is 40.8. The van der Waals surface area contributed by atoms with Crippen molar-refractivity contribution in [1.29, 1.82) is 0 Å². The van der Waals surface area contributed by atoms with Gasteiger partial charge in [-0.3, -0.25) is 14.2 Å². The summed E-state index contributed by atoms with van der Waals surface area (Å²) in [5.41, 5.74) is 0. The molecule has 0 rings (SSSR count). The number of allylic oxidation sites excluding steroid dienone is 4. The van der Waals surface area contributed by atoms with Crippen molar-refractivity contribution in [2.24, 2.45) is 0 Å². The maximum Gasteiger partial charge on any atom is 0.306 e. The minimum atomic E-state index is -4.63. The van der Waals surface area contributed by atoms with Crippen LogP contribution in [0.15, 0.2) is 24.3 Å². The Labute approximate surface area is 364 Å². The maximum atomic E-state index is 12.7. The van der Waals surface area contributed by atoms with E-state index >= 15 is 0 Å². The molecule has 0 heterocycles. The van der Waals surface area contributed by atoms with Crippen LogP contribution in [-0.2, 0) is 32.7 Å². The van der Waals surface area contributed by atoms with E-state index in [9.17, 15) is 19.0 Å². The first-order chi connectivity index (χ1) is 28.5. The highest BCUT2D eigenvalue weighted by molar-refractivity contribution is 7.45. The Morgan fingerprint density at radius 3 is 1.37 bits per heavy atom. The minimum absolute atomic E-state index is 0.0317. The Balaban J connectivity index is 4.25. The number of quaternary nitrogens is 1. The Morgan fingerprint density at radius 2 is 0.915 bits per heavy atom. The van der Waals surface area contributed by atoms with E-state index in [1.807, 2.05) is 21.1 Å². The van der Waals surface area contributed by atoms with Crippen LogP contribution in [0.4, 0.5) is 0 Å². The number of phosphoric ester groups is 1. The molecule has 0 aromatic heterocycles. The number of hydrogen-bond acceptors (Lipinski definition) is 8. The molecule has 0 aliphatic carbocycles. The number of hydrogen-bond donors (Lipinski definition) is 0. The molecule has 2 atom stereocenters. The number of unbranched alkanes of at least 4 members (excludes halogenated alkanes) is 27. The van der Waals surface area contributed by atoms with Gasteiger partial charge < -0.3 is 27.9 Å². The van der Waals surface area contributed by atoms with Gasteiger partial charge in [-0.05, 0) is 44.9 Å². The molecule has 10 heteroatoms. The second kappa shape index (κ2) is 41.8. The largest absolute Gasteiger partial charge is 0.756 e. The lowest BCUT2D eigenvalue weighted by atomic mass is 10.0. The molecule has 0 N–H and O–H groups in total. The topological polar surface area (TPSA) is 111 Å². The molecule has 0 aromatic carbocycles. The van der Waals surface area contributed by atoms with Crippen molar-refractivity contribution < 1.29 is 42.1 Å². The molecule has 0 aliphatic rings. The van der Waals surface area contributed by atoms with Crippen LogP contribution in [0.1, 0.15) is 226 Å². The van der Waals surface area contributed by atoms with Crippen molar-refractivity contribution in [3.05, 3.63) is 24.3 Å². The van der Waals surface area contributed by atoms with E-state index in [1.165, 1.54) is 135 Å². The van der Waals surface area contributed by atoms with Crippen LogP contribution in [0.3, 0.4) is 0 Å². The second-order valence-electron chi connectivity index (χ2n) is 17.8. The Hall–Kier alpha value is -1.51. The normalized spacial score (nSPS) is 13.7. The lowest BCUT2D eigenvalue weighted by molar-refractivity contribution is -0.870. The number of carbonyl (C=O) groups excluding carboxylic acids is 2. The lowest BCUT2D eigenvalue weighted by Gasteiger charge is -2.28. The van der Waals surface area contributed by atoms with Gasteiger partial charge in [0.15, 0.2) is 6.10 Å². The molecule has 348 valence electrons. The van der Waals surface area contributed by atoms with Crippen LogP contribution in [0.25, 0.3) is 0 Å². The first kappa shape index (κ1) is 57.5. The molecule has 0 saturated carbocycles. The number of rotatable bonds is 45. The highest BCUT2D eigenvalue weighted by atomic mass is 31.2. The van der Waals surface area contributed by atoms with E-state index < -0.39 is 26.5 Å². The number of likely N-dealkylation sites (N-methyl/N-ethyl adjacent to an activating group) is 1. The fourth-order valence-electron chi connectivity index (χ4n) is 6.86. The Bertz CT molecular complexity index is 1060. The van der Waals surface area contributed by atoms with Gasteiger partial charge in [-0.25, -0.2) is 0 Å². The molecule has 59 heavy (non-hydrogen) atoms. The van der Waals surface area contributed by atoms with E-state index in [-0.39, 0.29) is 32.0 Å². The lowest BCUT2D eigenvalue weighted by Crippen LogP contribution is -2.37. The van der Waals surface area contributed by atoms with E-state index in [0.29, 0.717) is 17.4 Å². The summed E-state index contributed by atoms with van der Waals surface area (Å²) in [5.74, 6) is -0.840. The van der Waals surface area contributed by atoms with Gasteiger partial charge in [0.05, 0.1) is 27.7 Å². The predicted molar refractivity (Wildman–Crippen MR) is 245 cm³/mol. The SMILES string of the molecule is CCCCC/C=C\C/C=C\CCCCCCCC(=O)OC(COC(=O)CCCCCCCCCCCCCCCCCCCCCC)COP(=O)([O-])OCC[N+](C)(C)C. The highest BCUT2D eigenvalue weighted by Gasteiger charge is 2.21. The molecule has 2 unspecified atom stereocenters. The number of phosphoric acid groups is 1. The molecule has 0 bridgehead atoms. The third-order valence-corrected chi connectivity index (χ3v) is 11.7. The molecular weight excluding hydrogens is 762 g/mol. The molecule has 0 radical (unpaired) electrons. The summed E-state index contributed by atoms with van der Waals surface area (Å²) < 4.78 is 34.0. The summed E-state index contributed by atoms with van der Waals surface area (Å²) in [7, 11) is 1.16. The van der Waals surface area contributed by atoms with Gasteiger partial charge in [-0.1, -0.05) is 192 Å². The van der Waals surface area contributed by atoms with Crippen molar-refractivity contribution in [3.8, 4) is 0 Å². The molecule has 0 aliphatic heterocycles. The quantitative estimate of drug-likeness (QED) is 0.0196. The zero-order valence-corrected chi connectivity index (χ0v) is 40.1. The smallest absolute Gasteiger partial charge is 0.306 e. The number of carbonyl (C=O) groups is 2. The van der Waals surface area contributed by atoms with E-state index in [1.54, 1.807) is 0 Å². The van der Waals surface area contributed by atoms with Gasteiger partial charge >= 0.3 is 11.9 Å². The molecular formula is C49H94NO8P. The van der Waals surface area contributed by atoms with Crippen molar-refractivity contribution in [2.75, 3.05) is 47.5 Å². The van der Waals surface area contributed by atoms with Crippen LogP contribution >= 0.6 is 7.82 Å². The highest BCUT2D eigenvalue weighted by Crippen LogP contribution is 2.38. The predicted octanol–water partition coefficient (Wildman–Crippen LogP) is 13.7. The maximum absolute atomic E-state index is 12.7. The summed E-state index contributed by atoms with van der Waals surface area (Å²) in [6, 6.07) is 0. The van der Waals surface area contributed by atoms with Crippen molar-refractivity contribution in [2.45, 2.75) is 232 Å². The number of nitrogens with zero attached hydrogens (tertiary/aromatic N) is 1. The van der Waals surface area contributed by atoms with Gasteiger partial charge in [0.1, 0.15) is 19.8 Å². The third kappa shape index (κ3) is 45.8. The van der Waals surface area contributed by atoms with E-state index in [2.05, 4.69) is 38.2 Å². The van der Waals surface area contributed by atoms with Crippen LogP contribution in [0.2, 0.25) is 0 Å². The average Bonchev–Trinajstić information content (AvgIpc) is 3.19. The first-order valence-corrected chi connectivity index (χ1v) is 26.0. The monoisotopic (exact) mass is 856 g/mol. The fourth-order valence-corrected chi connectivity index (χ4v) is 7.59. The van der Waals surface area contributed by atoms with Crippen LogP contribution in [0, 0.1) is 0 Å². The van der Waals surface area contributed by atoms with Crippen molar-refractivity contribution >= 4 is 19.8 Å². The summed E-state index contributed by atoms with van der Waals surface area (Å²) in [4.78, 5) is 37.6. The first-order valence-electron chi connectivity index (χ1n) is 24.5. The van der Waals surface area contributed by atoms with Crippen LogP contribution < -0.4 is 4.89 Å². The molecule has 0 spiro atoms. The summed E-state index contributed by atoms with van der Waals surface area (Å²) in [6.45, 7) is 4.22. The summed E-state index contributed by atoms with van der Waals surface area (Å²) in [5, 5.41) is 0. The average molecular weight is 856 g/mol. The second-order valence-corrected chi connectivity index (χ2v) is 19.2. The summed E-state index contributed by atoms with van der Waals surface area (Å²) in [6.07, 6.45) is 46.3. The van der Waals surface area contributed by atoms with E-state index in [4.69, 9.17) is 18.5 Å². The zero-order valence-electron chi connectivity index (χ0n) is 39.2. The number of ether oxygens (including phenoxy) is 2. The van der Waals surface area contributed by atoms with Crippen LogP contribution in [-0.4, -0.2) is 70.0 Å². The molecule has 9 nitrogen and oxygen atoms in total. The number of esters is 2.